The van der Waals surface area contributed by atoms with Gasteiger partial charge in [-0.2, -0.15) is 5.10 Å². The van der Waals surface area contributed by atoms with E-state index in [1.165, 1.54) is 11.3 Å². The second kappa shape index (κ2) is 8.34. The minimum atomic E-state index is -3.02. The third-order valence-electron chi connectivity index (χ3n) is 5.90. The number of esters is 1. The van der Waals surface area contributed by atoms with Crippen LogP contribution in [0, 0.1) is 13.8 Å². The highest BCUT2D eigenvalue weighted by Gasteiger charge is 2.34. The zero-order valence-electron chi connectivity index (χ0n) is 17.8. The fourth-order valence-corrected chi connectivity index (χ4v) is 7.10. The quantitative estimate of drug-likeness (QED) is 0.647. The molecule has 2 unspecified atom stereocenters. The molecule has 0 bridgehead atoms. The molecule has 0 saturated carbocycles. The lowest BCUT2D eigenvalue weighted by Crippen LogP contribution is -2.17. The van der Waals surface area contributed by atoms with E-state index in [1.807, 2.05) is 13.8 Å². The number of aryl methyl sites for hydroxylation is 2. The van der Waals surface area contributed by atoms with Crippen molar-refractivity contribution >= 4 is 38.2 Å². The number of anilines is 1. The van der Waals surface area contributed by atoms with Crippen LogP contribution < -0.4 is 5.32 Å². The van der Waals surface area contributed by atoms with Crippen LogP contribution in [0.4, 0.5) is 5.13 Å². The Labute approximate surface area is 185 Å². The Morgan fingerprint density at radius 3 is 2.74 bits per heavy atom. The molecule has 1 aliphatic heterocycles. The fraction of sp³-hybridized carbons (Fsp3) is 0.600. The van der Waals surface area contributed by atoms with Gasteiger partial charge in [-0.25, -0.2) is 13.4 Å². The predicted molar refractivity (Wildman–Crippen MR) is 116 cm³/mol. The van der Waals surface area contributed by atoms with Gasteiger partial charge < -0.3 is 10.1 Å². The van der Waals surface area contributed by atoms with Crippen molar-refractivity contribution in [1.29, 1.82) is 0 Å². The Morgan fingerprint density at radius 1 is 1.29 bits per heavy atom. The van der Waals surface area contributed by atoms with E-state index in [4.69, 9.17) is 4.74 Å². The minimum absolute atomic E-state index is 0.0902. The van der Waals surface area contributed by atoms with Gasteiger partial charge in [0.05, 0.1) is 42.0 Å². The summed E-state index contributed by atoms with van der Waals surface area (Å²) < 4.78 is 30.5. The van der Waals surface area contributed by atoms with Gasteiger partial charge >= 0.3 is 5.97 Å². The zero-order valence-corrected chi connectivity index (χ0v) is 19.4. The standard InChI is InChI=1S/C20H26N4O5S2/c1-4-29-19(26)14-5-6-16-18(14)22-20(30-16)21-17(25)9-15-11(2)23-24(12(15)3)13-7-8-31(27,28)10-13/h13-14H,4-10H2,1-3H3,(H,21,22,25). The highest BCUT2D eigenvalue weighted by Crippen LogP contribution is 2.39. The van der Waals surface area contributed by atoms with Crippen LogP contribution in [0.5, 0.6) is 0 Å². The average molecular weight is 467 g/mol. The summed E-state index contributed by atoms with van der Waals surface area (Å²) in [6.07, 6.45) is 2.11. The molecule has 31 heavy (non-hydrogen) atoms. The van der Waals surface area contributed by atoms with Gasteiger partial charge in [0.25, 0.3) is 0 Å². The first-order chi connectivity index (χ1) is 14.7. The van der Waals surface area contributed by atoms with Crippen LogP contribution in [0.3, 0.4) is 0 Å². The third-order valence-corrected chi connectivity index (χ3v) is 8.70. The molecule has 1 amide bonds. The van der Waals surface area contributed by atoms with Gasteiger partial charge in [0.15, 0.2) is 15.0 Å². The molecule has 1 saturated heterocycles. The van der Waals surface area contributed by atoms with Crippen molar-refractivity contribution in [2.45, 2.75) is 58.4 Å². The van der Waals surface area contributed by atoms with Gasteiger partial charge in [-0.05, 0) is 40.0 Å². The molecule has 1 N–H and O–H groups in total. The van der Waals surface area contributed by atoms with E-state index >= 15 is 0 Å². The van der Waals surface area contributed by atoms with Gasteiger partial charge in [-0.1, -0.05) is 0 Å². The van der Waals surface area contributed by atoms with Gasteiger partial charge in [-0.3, -0.25) is 14.3 Å². The fourth-order valence-electron chi connectivity index (χ4n) is 4.35. The summed E-state index contributed by atoms with van der Waals surface area (Å²) >= 11 is 1.40. The van der Waals surface area contributed by atoms with Crippen molar-refractivity contribution in [2.75, 3.05) is 23.4 Å². The number of hydrogen-bond donors (Lipinski definition) is 1. The van der Waals surface area contributed by atoms with Crippen LogP contribution in [0.15, 0.2) is 0 Å². The van der Waals surface area contributed by atoms with Crippen molar-refractivity contribution < 1.29 is 22.7 Å². The Bertz CT molecular complexity index is 1130. The first kappa shape index (κ1) is 21.9. The molecule has 4 rings (SSSR count). The Hall–Kier alpha value is -2.27. The highest BCUT2D eigenvalue weighted by atomic mass is 32.2. The number of nitrogens with one attached hydrogen (secondary N) is 1. The van der Waals surface area contributed by atoms with Gasteiger partial charge in [0, 0.05) is 16.1 Å². The van der Waals surface area contributed by atoms with E-state index in [0.717, 1.165) is 28.2 Å². The van der Waals surface area contributed by atoms with Gasteiger partial charge in [0.2, 0.25) is 5.91 Å². The first-order valence-corrected chi connectivity index (χ1v) is 13.0. The van der Waals surface area contributed by atoms with Crippen LogP contribution in [0.25, 0.3) is 0 Å². The number of ether oxygens (including phenoxy) is 1. The number of carbonyl (C=O) groups is 2. The molecule has 2 aromatic heterocycles. The molecule has 1 fully saturated rings. The molecule has 2 aliphatic rings. The van der Waals surface area contributed by atoms with Crippen LogP contribution in [0.2, 0.25) is 0 Å². The topological polar surface area (TPSA) is 120 Å². The Morgan fingerprint density at radius 2 is 2.06 bits per heavy atom. The molecule has 9 nitrogen and oxygen atoms in total. The molecule has 2 atom stereocenters. The number of thiazole rings is 1. The number of fused-ring (bicyclic) bond motifs is 1. The van der Waals surface area contributed by atoms with E-state index in [1.54, 1.807) is 11.6 Å². The van der Waals surface area contributed by atoms with Gasteiger partial charge in [-0.15, -0.1) is 11.3 Å². The van der Waals surface area contributed by atoms with E-state index in [9.17, 15) is 18.0 Å². The molecule has 3 heterocycles. The molecule has 0 radical (unpaired) electrons. The van der Waals surface area contributed by atoms with Crippen molar-refractivity contribution in [1.82, 2.24) is 14.8 Å². The number of nitrogens with zero attached hydrogens (tertiary/aromatic N) is 3. The number of sulfone groups is 1. The van der Waals surface area contributed by atoms with Crippen LogP contribution >= 0.6 is 11.3 Å². The van der Waals surface area contributed by atoms with Crippen molar-refractivity contribution in [3.63, 3.8) is 0 Å². The van der Waals surface area contributed by atoms with E-state index in [0.29, 0.717) is 30.3 Å². The van der Waals surface area contributed by atoms with E-state index in [2.05, 4.69) is 15.4 Å². The van der Waals surface area contributed by atoms with E-state index in [-0.39, 0.29) is 41.8 Å². The number of hydrogen-bond acceptors (Lipinski definition) is 8. The zero-order chi connectivity index (χ0) is 22.3. The van der Waals surface area contributed by atoms with Gasteiger partial charge in [0.1, 0.15) is 5.92 Å². The van der Waals surface area contributed by atoms with Crippen LogP contribution in [0.1, 0.15) is 59.2 Å². The lowest BCUT2D eigenvalue weighted by Gasteiger charge is -2.11. The molecule has 11 heteroatoms. The highest BCUT2D eigenvalue weighted by molar-refractivity contribution is 7.91. The maximum Gasteiger partial charge on any atom is 0.315 e. The number of aromatic nitrogens is 3. The van der Waals surface area contributed by atoms with E-state index < -0.39 is 9.84 Å². The number of amides is 1. The predicted octanol–water partition coefficient (Wildman–Crippen LogP) is 2.09. The maximum absolute atomic E-state index is 12.7. The molecule has 2 aromatic rings. The molecule has 0 aromatic carbocycles. The summed E-state index contributed by atoms with van der Waals surface area (Å²) in [7, 11) is -3.02. The summed E-state index contributed by atoms with van der Waals surface area (Å²) in [6, 6.07) is -0.178. The summed E-state index contributed by atoms with van der Waals surface area (Å²) in [4.78, 5) is 30.3. The molecule has 1 aliphatic carbocycles. The number of rotatable bonds is 6. The smallest absolute Gasteiger partial charge is 0.315 e. The SMILES string of the molecule is CCOC(=O)C1CCc2sc(NC(=O)Cc3c(C)nn(C4CCS(=O)(=O)C4)c3C)nc21. The molecule has 0 spiro atoms. The van der Waals surface area contributed by atoms with Crippen LogP contribution in [-0.2, 0) is 37.0 Å². The Kier molecular flexibility index (Phi) is 5.91. The van der Waals surface area contributed by atoms with Crippen molar-refractivity contribution in [3.8, 4) is 0 Å². The molecule has 168 valence electrons. The lowest BCUT2D eigenvalue weighted by atomic mass is 10.1. The van der Waals surface area contributed by atoms with Crippen molar-refractivity contribution in [2.24, 2.45) is 0 Å². The van der Waals surface area contributed by atoms with Crippen LogP contribution in [-0.4, -0.2) is 53.2 Å². The summed E-state index contributed by atoms with van der Waals surface area (Å²) in [5.41, 5.74) is 3.05. The monoisotopic (exact) mass is 466 g/mol. The lowest BCUT2D eigenvalue weighted by molar-refractivity contribution is -0.145. The maximum atomic E-state index is 12.7. The second-order valence-corrected chi connectivity index (χ2v) is 11.4. The first-order valence-electron chi connectivity index (χ1n) is 10.4. The largest absolute Gasteiger partial charge is 0.465 e. The summed E-state index contributed by atoms with van der Waals surface area (Å²) in [6.45, 7) is 5.81. The molecular formula is C20H26N4O5S2. The number of carbonyl (C=O) groups excluding carboxylic acids is 2. The summed E-state index contributed by atoms with van der Waals surface area (Å²) in [5, 5.41) is 7.83. The average Bonchev–Trinajstić information content (AvgIpc) is 3.41. The third kappa shape index (κ3) is 4.38. The minimum Gasteiger partial charge on any atom is -0.465 e. The van der Waals surface area contributed by atoms with Crippen molar-refractivity contribution in [3.05, 3.63) is 27.5 Å². The summed E-state index contributed by atoms with van der Waals surface area (Å²) in [5.74, 6) is -0.579. The second-order valence-electron chi connectivity index (χ2n) is 8.05. The molecular weight excluding hydrogens is 440 g/mol. The Balaban J connectivity index is 1.45. The normalized spacial score (nSPS) is 21.8.